The summed E-state index contributed by atoms with van der Waals surface area (Å²) in [6.45, 7) is 2.86. The third-order valence-electron chi connectivity index (χ3n) is 5.16. The summed E-state index contributed by atoms with van der Waals surface area (Å²) in [7, 11) is 0. The highest BCUT2D eigenvalue weighted by atomic mass is 35.5. The van der Waals surface area contributed by atoms with Crippen molar-refractivity contribution in [3.05, 3.63) is 65.2 Å². The maximum atomic E-state index is 12.4. The zero-order valence-electron chi connectivity index (χ0n) is 14.8. The Labute approximate surface area is 156 Å². The summed E-state index contributed by atoms with van der Waals surface area (Å²) >= 11 is 0. The maximum Gasteiger partial charge on any atom is 0.224 e. The lowest BCUT2D eigenvalue weighted by Crippen LogP contribution is -2.39. The van der Waals surface area contributed by atoms with Gasteiger partial charge in [0.25, 0.3) is 0 Å². The molecule has 2 aromatic carbocycles. The molecule has 0 spiro atoms. The monoisotopic (exact) mass is 358 g/mol. The van der Waals surface area contributed by atoms with E-state index >= 15 is 0 Å². The van der Waals surface area contributed by atoms with Gasteiger partial charge in [-0.2, -0.15) is 0 Å². The highest BCUT2D eigenvalue weighted by molar-refractivity contribution is 5.85. The van der Waals surface area contributed by atoms with Gasteiger partial charge in [0.2, 0.25) is 5.91 Å². The lowest BCUT2D eigenvalue weighted by molar-refractivity contribution is -0.120. The molecule has 1 aliphatic rings. The summed E-state index contributed by atoms with van der Waals surface area (Å²) in [5.41, 5.74) is 10.2. The second kappa shape index (κ2) is 8.39. The van der Waals surface area contributed by atoms with Gasteiger partial charge in [0.15, 0.2) is 0 Å². The lowest BCUT2D eigenvalue weighted by atomic mass is 9.78. The molecule has 1 amide bonds. The van der Waals surface area contributed by atoms with Crippen LogP contribution in [0, 0.1) is 6.92 Å². The molecule has 1 aliphatic carbocycles. The van der Waals surface area contributed by atoms with Crippen LogP contribution in [0.5, 0.6) is 0 Å². The van der Waals surface area contributed by atoms with Gasteiger partial charge >= 0.3 is 0 Å². The molecule has 0 aromatic heterocycles. The number of nitrogens with two attached hydrogens (primary N) is 1. The summed E-state index contributed by atoms with van der Waals surface area (Å²) in [5, 5.41) is 3.18. The van der Waals surface area contributed by atoms with Crippen molar-refractivity contribution in [3.63, 3.8) is 0 Å². The minimum absolute atomic E-state index is 0. The van der Waals surface area contributed by atoms with Gasteiger partial charge in [-0.15, -0.1) is 12.4 Å². The molecule has 4 heteroatoms. The van der Waals surface area contributed by atoms with Crippen molar-refractivity contribution < 1.29 is 4.79 Å². The molecule has 0 atom stereocenters. The first-order chi connectivity index (χ1) is 11.6. The van der Waals surface area contributed by atoms with Crippen molar-refractivity contribution in [3.8, 4) is 0 Å². The Balaban J connectivity index is 0.00000225. The Morgan fingerprint density at radius 3 is 2.44 bits per heavy atom. The van der Waals surface area contributed by atoms with Crippen LogP contribution in [-0.2, 0) is 16.6 Å². The fraction of sp³-hybridized carbons (Fsp3) is 0.381. The number of carbonyl (C=O) groups excluding carboxylic acids is 1. The number of hydrogen-bond donors (Lipinski definition) is 2. The van der Waals surface area contributed by atoms with Crippen molar-refractivity contribution >= 4 is 24.0 Å². The standard InChI is InChI=1S/C21H26N2O.ClH/c1-16-5-4-6-18(13-16)21(11-2-3-12-21)15-23-20(24)14-17-7-9-19(22)10-8-17;/h4-10,13H,2-3,11-12,14-15,22H2,1H3,(H,23,24);1H. The third kappa shape index (κ3) is 4.76. The predicted molar refractivity (Wildman–Crippen MR) is 106 cm³/mol. The van der Waals surface area contributed by atoms with E-state index < -0.39 is 0 Å². The zero-order valence-corrected chi connectivity index (χ0v) is 15.6. The molecule has 0 bridgehead atoms. The van der Waals surface area contributed by atoms with E-state index in [0.717, 1.165) is 30.6 Å². The Hall–Kier alpha value is -2.00. The number of hydrogen-bond acceptors (Lipinski definition) is 2. The topological polar surface area (TPSA) is 55.1 Å². The van der Waals surface area contributed by atoms with Crippen LogP contribution in [0.3, 0.4) is 0 Å². The fourth-order valence-electron chi connectivity index (χ4n) is 3.75. The summed E-state index contributed by atoms with van der Waals surface area (Å²) in [6.07, 6.45) is 5.19. The van der Waals surface area contributed by atoms with E-state index in [0.29, 0.717) is 6.42 Å². The Morgan fingerprint density at radius 1 is 1.12 bits per heavy atom. The number of benzene rings is 2. The fourth-order valence-corrected chi connectivity index (χ4v) is 3.75. The number of nitrogens with one attached hydrogen (secondary N) is 1. The quantitative estimate of drug-likeness (QED) is 0.788. The molecule has 3 nitrogen and oxygen atoms in total. The first-order valence-electron chi connectivity index (χ1n) is 8.76. The van der Waals surface area contributed by atoms with Gasteiger partial charge in [-0.05, 0) is 43.0 Å². The van der Waals surface area contributed by atoms with Gasteiger partial charge in [-0.1, -0.05) is 54.8 Å². The first kappa shape index (κ1) is 19.3. The average Bonchev–Trinajstić information content (AvgIpc) is 3.05. The normalized spacial score (nSPS) is 15.4. The van der Waals surface area contributed by atoms with E-state index in [1.54, 1.807) is 0 Å². The molecular formula is C21H27ClN2O. The molecule has 3 rings (SSSR count). The van der Waals surface area contributed by atoms with E-state index in [2.05, 4.69) is 36.5 Å². The summed E-state index contributed by atoms with van der Waals surface area (Å²) in [5.74, 6) is 0.0821. The van der Waals surface area contributed by atoms with Crippen LogP contribution in [0.4, 0.5) is 5.69 Å². The number of aryl methyl sites for hydroxylation is 1. The molecule has 3 N–H and O–H groups in total. The third-order valence-corrected chi connectivity index (χ3v) is 5.16. The summed E-state index contributed by atoms with van der Waals surface area (Å²) in [6, 6.07) is 16.3. The van der Waals surface area contributed by atoms with Crippen molar-refractivity contribution in [1.29, 1.82) is 0 Å². The lowest BCUT2D eigenvalue weighted by Gasteiger charge is -2.30. The molecule has 1 fully saturated rings. The molecule has 0 radical (unpaired) electrons. The van der Waals surface area contributed by atoms with Crippen LogP contribution in [0.25, 0.3) is 0 Å². The smallest absolute Gasteiger partial charge is 0.224 e. The number of anilines is 1. The van der Waals surface area contributed by atoms with Crippen LogP contribution in [-0.4, -0.2) is 12.5 Å². The Kier molecular flexibility index (Phi) is 6.49. The van der Waals surface area contributed by atoms with Gasteiger partial charge in [0, 0.05) is 17.6 Å². The van der Waals surface area contributed by atoms with E-state index in [1.807, 2.05) is 24.3 Å². The van der Waals surface area contributed by atoms with Crippen molar-refractivity contribution in [2.75, 3.05) is 12.3 Å². The Morgan fingerprint density at radius 2 is 1.80 bits per heavy atom. The molecule has 2 aromatic rings. The molecule has 0 saturated heterocycles. The summed E-state index contributed by atoms with van der Waals surface area (Å²) in [4.78, 5) is 12.4. The van der Waals surface area contributed by atoms with Crippen molar-refractivity contribution in [2.45, 2.75) is 44.4 Å². The van der Waals surface area contributed by atoms with Crippen LogP contribution in [0.15, 0.2) is 48.5 Å². The van der Waals surface area contributed by atoms with Crippen LogP contribution >= 0.6 is 12.4 Å². The minimum Gasteiger partial charge on any atom is -0.399 e. The van der Waals surface area contributed by atoms with Gasteiger partial charge in [0.05, 0.1) is 6.42 Å². The van der Waals surface area contributed by atoms with E-state index in [9.17, 15) is 4.79 Å². The SMILES string of the molecule is Cc1cccc(C2(CNC(=O)Cc3ccc(N)cc3)CCCC2)c1.Cl. The number of carbonyl (C=O) groups is 1. The molecule has 0 heterocycles. The van der Waals surface area contributed by atoms with Gasteiger partial charge < -0.3 is 11.1 Å². The highest BCUT2D eigenvalue weighted by Gasteiger charge is 2.35. The minimum atomic E-state index is 0. The predicted octanol–water partition coefficient (Wildman–Crippen LogP) is 4.17. The van der Waals surface area contributed by atoms with Gasteiger partial charge in [0.1, 0.15) is 0 Å². The molecule has 1 saturated carbocycles. The molecule has 0 aliphatic heterocycles. The van der Waals surface area contributed by atoms with Crippen LogP contribution in [0.2, 0.25) is 0 Å². The number of amides is 1. The number of halogens is 1. The van der Waals surface area contributed by atoms with Crippen molar-refractivity contribution in [2.24, 2.45) is 0 Å². The van der Waals surface area contributed by atoms with E-state index in [4.69, 9.17) is 5.73 Å². The van der Waals surface area contributed by atoms with Crippen molar-refractivity contribution in [1.82, 2.24) is 5.32 Å². The van der Waals surface area contributed by atoms with E-state index in [1.165, 1.54) is 24.0 Å². The largest absolute Gasteiger partial charge is 0.399 e. The highest BCUT2D eigenvalue weighted by Crippen LogP contribution is 2.40. The molecular weight excluding hydrogens is 332 g/mol. The summed E-state index contributed by atoms with van der Waals surface area (Å²) < 4.78 is 0. The van der Waals surface area contributed by atoms with E-state index in [-0.39, 0.29) is 23.7 Å². The second-order valence-electron chi connectivity index (χ2n) is 7.05. The zero-order chi connectivity index (χ0) is 17.0. The molecule has 0 unspecified atom stereocenters. The Bertz CT molecular complexity index is 706. The van der Waals surface area contributed by atoms with Crippen LogP contribution < -0.4 is 11.1 Å². The first-order valence-corrected chi connectivity index (χ1v) is 8.76. The average molecular weight is 359 g/mol. The molecule has 25 heavy (non-hydrogen) atoms. The van der Waals surface area contributed by atoms with Crippen LogP contribution in [0.1, 0.15) is 42.4 Å². The van der Waals surface area contributed by atoms with Gasteiger partial charge in [-0.25, -0.2) is 0 Å². The number of nitrogen functional groups attached to an aromatic ring is 1. The van der Waals surface area contributed by atoms with Gasteiger partial charge in [-0.3, -0.25) is 4.79 Å². The molecule has 134 valence electrons. The second-order valence-corrected chi connectivity index (χ2v) is 7.05. The number of rotatable bonds is 5. The maximum absolute atomic E-state index is 12.4.